The highest BCUT2D eigenvalue weighted by molar-refractivity contribution is 5.47. The third-order valence-electron chi connectivity index (χ3n) is 2.49. The summed E-state index contributed by atoms with van der Waals surface area (Å²) in [5.41, 5.74) is 2.00. The quantitative estimate of drug-likeness (QED) is 0.773. The fourth-order valence-corrected chi connectivity index (χ4v) is 1.55. The smallest absolute Gasteiger partial charge is 0.0761 e. The van der Waals surface area contributed by atoms with Gasteiger partial charge in [0.2, 0.25) is 0 Å². The highest BCUT2D eigenvalue weighted by Crippen LogP contribution is 2.18. The van der Waals surface area contributed by atoms with Gasteiger partial charge in [0.15, 0.2) is 0 Å². The molecule has 2 N–H and O–H groups in total. The van der Waals surface area contributed by atoms with Crippen LogP contribution in [0, 0.1) is 0 Å². The summed E-state index contributed by atoms with van der Waals surface area (Å²) in [7, 11) is 0. The second kappa shape index (κ2) is 5.73. The van der Waals surface area contributed by atoms with Gasteiger partial charge in [-0.3, -0.25) is 0 Å². The second-order valence-electron chi connectivity index (χ2n) is 3.57. The molecule has 1 aromatic carbocycles. The standard InChI is InChI=1S/C12H19NO2/c1-3-13(8-9-14)12-6-4-11(5-7-12)10(2)15/h4-7,10,14-15H,3,8-9H2,1-2H3/t10-/m0/s1. The third-order valence-corrected chi connectivity index (χ3v) is 2.49. The van der Waals surface area contributed by atoms with Gasteiger partial charge in [-0.05, 0) is 31.5 Å². The molecule has 3 nitrogen and oxygen atoms in total. The van der Waals surface area contributed by atoms with Crippen LogP contribution in [0.5, 0.6) is 0 Å². The minimum Gasteiger partial charge on any atom is -0.395 e. The van der Waals surface area contributed by atoms with Gasteiger partial charge in [-0.2, -0.15) is 0 Å². The van der Waals surface area contributed by atoms with E-state index in [1.54, 1.807) is 6.92 Å². The summed E-state index contributed by atoms with van der Waals surface area (Å²) in [6.45, 7) is 5.48. The van der Waals surface area contributed by atoms with Crippen molar-refractivity contribution in [1.29, 1.82) is 0 Å². The van der Waals surface area contributed by atoms with E-state index >= 15 is 0 Å². The summed E-state index contributed by atoms with van der Waals surface area (Å²) >= 11 is 0. The fraction of sp³-hybridized carbons (Fsp3) is 0.500. The van der Waals surface area contributed by atoms with Gasteiger partial charge in [-0.15, -0.1) is 0 Å². The third kappa shape index (κ3) is 3.22. The number of anilines is 1. The van der Waals surface area contributed by atoms with E-state index in [-0.39, 0.29) is 6.61 Å². The zero-order valence-corrected chi connectivity index (χ0v) is 9.35. The predicted octanol–water partition coefficient (Wildman–Crippen LogP) is 1.56. The van der Waals surface area contributed by atoms with Crippen LogP contribution in [0.2, 0.25) is 0 Å². The molecule has 3 heteroatoms. The normalized spacial score (nSPS) is 12.5. The molecule has 0 aliphatic rings. The molecule has 0 bridgehead atoms. The van der Waals surface area contributed by atoms with E-state index in [2.05, 4.69) is 11.8 Å². The first kappa shape index (κ1) is 12.0. The predicted molar refractivity (Wildman–Crippen MR) is 62.0 cm³/mol. The molecular weight excluding hydrogens is 190 g/mol. The highest BCUT2D eigenvalue weighted by Gasteiger charge is 2.04. The molecule has 15 heavy (non-hydrogen) atoms. The monoisotopic (exact) mass is 209 g/mol. The number of hydrogen-bond acceptors (Lipinski definition) is 3. The van der Waals surface area contributed by atoms with Crippen molar-refractivity contribution in [3.05, 3.63) is 29.8 Å². The van der Waals surface area contributed by atoms with Gasteiger partial charge >= 0.3 is 0 Å². The van der Waals surface area contributed by atoms with Gasteiger partial charge < -0.3 is 15.1 Å². The maximum absolute atomic E-state index is 9.36. The minimum atomic E-state index is -0.424. The van der Waals surface area contributed by atoms with Gasteiger partial charge in [-0.25, -0.2) is 0 Å². The van der Waals surface area contributed by atoms with Crippen LogP contribution in [0.25, 0.3) is 0 Å². The highest BCUT2D eigenvalue weighted by atomic mass is 16.3. The first-order valence-electron chi connectivity index (χ1n) is 5.32. The van der Waals surface area contributed by atoms with Gasteiger partial charge in [-0.1, -0.05) is 12.1 Å². The summed E-state index contributed by atoms with van der Waals surface area (Å²) in [5, 5.41) is 18.3. The number of likely N-dealkylation sites (N-methyl/N-ethyl adjacent to an activating group) is 1. The van der Waals surface area contributed by atoms with Crippen LogP contribution in [0.4, 0.5) is 5.69 Å². The molecule has 0 aliphatic heterocycles. The summed E-state index contributed by atoms with van der Waals surface area (Å²) in [6.07, 6.45) is -0.424. The topological polar surface area (TPSA) is 43.7 Å². The molecule has 0 spiro atoms. The lowest BCUT2D eigenvalue weighted by Crippen LogP contribution is -2.25. The fourth-order valence-electron chi connectivity index (χ4n) is 1.55. The van der Waals surface area contributed by atoms with Crippen LogP contribution in [-0.2, 0) is 0 Å². The Bertz CT molecular complexity index is 282. The van der Waals surface area contributed by atoms with Crippen LogP contribution >= 0.6 is 0 Å². The molecule has 0 unspecified atom stereocenters. The summed E-state index contributed by atoms with van der Waals surface area (Å²) in [4.78, 5) is 2.09. The zero-order valence-electron chi connectivity index (χ0n) is 9.35. The van der Waals surface area contributed by atoms with Gasteiger partial charge in [0.05, 0.1) is 12.7 Å². The molecule has 84 valence electrons. The number of benzene rings is 1. The molecule has 0 fully saturated rings. The first-order chi connectivity index (χ1) is 7.19. The summed E-state index contributed by atoms with van der Waals surface area (Å²) in [5.74, 6) is 0. The number of nitrogens with zero attached hydrogens (tertiary/aromatic N) is 1. The minimum absolute atomic E-state index is 0.159. The van der Waals surface area contributed by atoms with Crippen molar-refractivity contribution in [1.82, 2.24) is 0 Å². The van der Waals surface area contributed by atoms with Gasteiger partial charge in [0.25, 0.3) is 0 Å². The van der Waals surface area contributed by atoms with Crippen molar-refractivity contribution in [3.8, 4) is 0 Å². The average Bonchev–Trinajstić information content (AvgIpc) is 2.26. The SMILES string of the molecule is CCN(CCO)c1ccc([C@H](C)O)cc1. The molecule has 0 saturated heterocycles. The van der Waals surface area contributed by atoms with Crippen LogP contribution < -0.4 is 4.90 Å². The van der Waals surface area contributed by atoms with Crippen molar-refractivity contribution in [2.24, 2.45) is 0 Å². The molecule has 0 saturated carbocycles. The van der Waals surface area contributed by atoms with E-state index < -0.39 is 6.10 Å². The molecule has 0 heterocycles. The van der Waals surface area contributed by atoms with E-state index in [0.717, 1.165) is 17.8 Å². The Hall–Kier alpha value is -1.06. The van der Waals surface area contributed by atoms with Crippen molar-refractivity contribution >= 4 is 5.69 Å². The lowest BCUT2D eigenvalue weighted by atomic mass is 10.1. The Balaban J connectivity index is 2.77. The molecule has 0 aromatic heterocycles. The molecule has 1 atom stereocenters. The van der Waals surface area contributed by atoms with E-state index in [1.807, 2.05) is 24.3 Å². The number of aliphatic hydroxyl groups is 2. The van der Waals surface area contributed by atoms with Crippen LogP contribution in [0.3, 0.4) is 0 Å². The largest absolute Gasteiger partial charge is 0.395 e. The number of rotatable bonds is 5. The molecule has 0 amide bonds. The Labute approximate surface area is 91.0 Å². The molecule has 1 aromatic rings. The lowest BCUT2D eigenvalue weighted by Gasteiger charge is -2.22. The second-order valence-corrected chi connectivity index (χ2v) is 3.57. The molecule has 1 rings (SSSR count). The van der Waals surface area contributed by atoms with Crippen molar-refractivity contribution in [2.45, 2.75) is 20.0 Å². The number of hydrogen-bond donors (Lipinski definition) is 2. The Morgan fingerprint density at radius 1 is 1.27 bits per heavy atom. The van der Waals surface area contributed by atoms with Crippen LogP contribution in [0.1, 0.15) is 25.5 Å². The average molecular weight is 209 g/mol. The summed E-state index contributed by atoms with van der Waals surface area (Å²) < 4.78 is 0. The van der Waals surface area contributed by atoms with Crippen molar-refractivity contribution in [3.63, 3.8) is 0 Å². The Morgan fingerprint density at radius 3 is 2.27 bits per heavy atom. The van der Waals surface area contributed by atoms with Crippen LogP contribution in [-0.4, -0.2) is 29.9 Å². The van der Waals surface area contributed by atoms with E-state index in [9.17, 15) is 5.11 Å². The maximum atomic E-state index is 9.36. The summed E-state index contributed by atoms with van der Waals surface area (Å²) in [6, 6.07) is 7.78. The van der Waals surface area contributed by atoms with Gasteiger partial charge in [0, 0.05) is 18.8 Å². The van der Waals surface area contributed by atoms with Gasteiger partial charge in [0.1, 0.15) is 0 Å². The zero-order chi connectivity index (χ0) is 11.3. The maximum Gasteiger partial charge on any atom is 0.0761 e. The van der Waals surface area contributed by atoms with E-state index in [0.29, 0.717) is 6.54 Å². The van der Waals surface area contributed by atoms with Crippen LogP contribution in [0.15, 0.2) is 24.3 Å². The Kier molecular flexibility index (Phi) is 4.59. The van der Waals surface area contributed by atoms with Crippen molar-refractivity contribution < 1.29 is 10.2 Å². The Morgan fingerprint density at radius 2 is 1.87 bits per heavy atom. The number of aliphatic hydroxyl groups excluding tert-OH is 2. The molecular formula is C12H19NO2. The van der Waals surface area contributed by atoms with E-state index in [1.165, 1.54) is 0 Å². The van der Waals surface area contributed by atoms with Crippen molar-refractivity contribution in [2.75, 3.05) is 24.6 Å². The molecule has 0 aliphatic carbocycles. The lowest BCUT2D eigenvalue weighted by molar-refractivity contribution is 0.199. The molecule has 0 radical (unpaired) electrons. The first-order valence-corrected chi connectivity index (χ1v) is 5.32. The van der Waals surface area contributed by atoms with E-state index in [4.69, 9.17) is 5.11 Å².